The third-order valence-corrected chi connectivity index (χ3v) is 6.21. The first kappa shape index (κ1) is 15.5. The Morgan fingerprint density at radius 2 is 1.70 bits per heavy atom. The van der Waals surface area contributed by atoms with Crippen LogP contribution in [0.3, 0.4) is 0 Å². The largest absolute Gasteiger partial charge is 0.392 e. The maximum Gasteiger partial charge on any atom is 0.243 e. The van der Waals surface area contributed by atoms with Crippen LogP contribution < -0.4 is 0 Å². The number of nitrogens with zero attached hydrogens (tertiary/aromatic N) is 1. The van der Waals surface area contributed by atoms with Crippen LogP contribution in [0.15, 0.2) is 29.2 Å². The predicted octanol–water partition coefficient (Wildman–Crippen LogP) is 2.38. The minimum Gasteiger partial charge on any atom is -0.392 e. The average molecular weight is 297 g/mol. The number of rotatable bonds is 4. The minimum absolute atomic E-state index is 0.0727. The van der Waals surface area contributed by atoms with E-state index in [1.54, 1.807) is 31.3 Å². The summed E-state index contributed by atoms with van der Waals surface area (Å²) in [5.41, 5.74) is 0.720. The molecule has 20 heavy (non-hydrogen) atoms. The van der Waals surface area contributed by atoms with Gasteiger partial charge in [0.05, 0.1) is 11.5 Å². The summed E-state index contributed by atoms with van der Waals surface area (Å²) in [7, 11) is -1.75. The molecule has 0 unspecified atom stereocenters. The maximum atomic E-state index is 12.6. The molecule has 0 aliphatic heterocycles. The van der Waals surface area contributed by atoms with E-state index < -0.39 is 10.0 Å². The molecule has 0 radical (unpaired) electrons. The molecule has 0 spiro atoms. The molecule has 0 saturated heterocycles. The molecule has 1 aliphatic rings. The SMILES string of the molecule is CC1CCC(N(C)S(=O)(=O)c2ccc(CO)cc2)CC1. The van der Waals surface area contributed by atoms with Gasteiger partial charge in [0.1, 0.15) is 0 Å². The van der Waals surface area contributed by atoms with E-state index in [1.807, 2.05) is 0 Å². The molecule has 4 nitrogen and oxygen atoms in total. The van der Waals surface area contributed by atoms with Crippen molar-refractivity contribution in [3.63, 3.8) is 0 Å². The summed E-state index contributed by atoms with van der Waals surface area (Å²) >= 11 is 0. The molecular weight excluding hydrogens is 274 g/mol. The lowest BCUT2D eigenvalue weighted by atomic mass is 9.87. The van der Waals surface area contributed by atoms with Crippen LogP contribution >= 0.6 is 0 Å². The summed E-state index contributed by atoms with van der Waals surface area (Å²) < 4.78 is 26.7. The summed E-state index contributed by atoms with van der Waals surface area (Å²) in [5, 5.41) is 9.01. The van der Waals surface area contributed by atoms with Crippen LogP contribution in [0.25, 0.3) is 0 Å². The first-order valence-corrected chi connectivity index (χ1v) is 8.57. The normalized spacial score (nSPS) is 24.0. The van der Waals surface area contributed by atoms with Gasteiger partial charge in [0.15, 0.2) is 0 Å². The summed E-state index contributed by atoms with van der Waals surface area (Å²) in [5.74, 6) is 0.700. The number of benzene rings is 1. The van der Waals surface area contributed by atoms with Gasteiger partial charge >= 0.3 is 0 Å². The zero-order valence-electron chi connectivity index (χ0n) is 12.1. The van der Waals surface area contributed by atoms with Crippen LogP contribution in [0, 0.1) is 5.92 Å². The second-order valence-electron chi connectivity index (χ2n) is 5.74. The standard InChI is InChI=1S/C15H23NO3S/c1-12-3-7-14(8-4-12)16(2)20(18,19)15-9-5-13(11-17)6-10-15/h5-6,9-10,12,14,17H,3-4,7-8,11H2,1-2H3. The van der Waals surface area contributed by atoms with Gasteiger partial charge in [-0.1, -0.05) is 19.1 Å². The van der Waals surface area contributed by atoms with Crippen molar-refractivity contribution in [1.29, 1.82) is 0 Å². The highest BCUT2D eigenvalue weighted by Crippen LogP contribution is 2.29. The van der Waals surface area contributed by atoms with E-state index in [1.165, 1.54) is 4.31 Å². The van der Waals surface area contributed by atoms with Gasteiger partial charge in [-0.05, 0) is 49.3 Å². The third-order valence-electron chi connectivity index (χ3n) is 4.28. The lowest BCUT2D eigenvalue weighted by Crippen LogP contribution is -2.39. The Balaban J connectivity index is 2.16. The minimum atomic E-state index is -3.43. The topological polar surface area (TPSA) is 57.6 Å². The van der Waals surface area contributed by atoms with E-state index in [0.717, 1.165) is 31.2 Å². The van der Waals surface area contributed by atoms with Gasteiger partial charge in [0.2, 0.25) is 10.0 Å². The van der Waals surface area contributed by atoms with E-state index in [4.69, 9.17) is 5.11 Å². The number of aliphatic hydroxyl groups excluding tert-OH is 1. The Morgan fingerprint density at radius 3 is 2.20 bits per heavy atom. The van der Waals surface area contributed by atoms with Crippen molar-refractivity contribution in [2.24, 2.45) is 5.92 Å². The fourth-order valence-electron chi connectivity index (χ4n) is 2.74. The van der Waals surface area contributed by atoms with E-state index >= 15 is 0 Å². The second kappa shape index (κ2) is 6.24. The van der Waals surface area contributed by atoms with Crippen molar-refractivity contribution >= 4 is 10.0 Å². The average Bonchev–Trinajstić information content (AvgIpc) is 2.47. The Bertz CT molecular complexity index is 531. The van der Waals surface area contributed by atoms with E-state index in [-0.39, 0.29) is 12.6 Å². The van der Waals surface area contributed by atoms with E-state index in [2.05, 4.69) is 6.92 Å². The van der Waals surface area contributed by atoms with Crippen LogP contribution in [0.1, 0.15) is 38.2 Å². The first-order valence-electron chi connectivity index (χ1n) is 7.13. The molecule has 0 amide bonds. The maximum absolute atomic E-state index is 12.6. The fraction of sp³-hybridized carbons (Fsp3) is 0.600. The van der Waals surface area contributed by atoms with Gasteiger partial charge in [-0.25, -0.2) is 8.42 Å². The highest BCUT2D eigenvalue weighted by molar-refractivity contribution is 7.89. The van der Waals surface area contributed by atoms with Crippen LogP contribution in [0.2, 0.25) is 0 Å². The van der Waals surface area contributed by atoms with Crippen molar-refractivity contribution in [3.8, 4) is 0 Å². The summed E-state index contributed by atoms with van der Waals surface area (Å²) in [6.45, 7) is 2.15. The van der Waals surface area contributed by atoms with Crippen LogP contribution in [0.4, 0.5) is 0 Å². The Hall–Kier alpha value is -0.910. The summed E-state index contributed by atoms with van der Waals surface area (Å²) in [4.78, 5) is 0.302. The van der Waals surface area contributed by atoms with Crippen molar-refractivity contribution in [2.75, 3.05) is 7.05 Å². The number of aliphatic hydroxyl groups is 1. The van der Waals surface area contributed by atoms with E-state index in [0.29, 0.717) is 10.8 Å². The zero-order chi connectivity index (χ0) is 14.8. The smallest absolute Gasteiger partial charge is 0.243 e. The molecule has 0 bridgehead atoms. The quantitative estimate of drug-likeness (QED) is 0.928. The van der Waals surface area contributed by atoms with Crippen LogP contribution in [-0.4, -0.2) is 30.9 Å². The Labute approximate surface area is 121 Å². The molecule has 1 aliphatic carbocycles. The van der Waals surface area contributed by atoms with Gasteiger partial charge in [0, 0.05) is 13.1 Å². The van der Waals surface area contributed by atoms with Crippen LogP contribution in [-0.2, 0) is 16.6 Å². The molecule has 1 fully saturated rings. The molecule has 1 aromatic carbocycles. The van der Waals surface area contributed by atoms with Crippen molar-refractivity contribution in [2.45, 2.75) is 50.2 Å². The highest BCUT2D eigenvalue weighted by atomic mass is 32.2. The molecule has 1 N–H and O–H groups in total. The van der Waals surface area contributed by atoms with E-state index in [9.17, 15) is 8.42 Å². The van der Waals surface area contributed by atoms with Crippen molar-refractivity contribution < 1.29 is 13.5 Å². The molecule has 0 aromatic heterocycles. The molecule has 1 aromatic rings. The lowest BCUT2D eigenvalue weighted by molar-refractivity contribution is 0.246. The molecule has 1 saturated carbocycles. The van der Waals surface area contributed by atoms with Crippen molar-refractivity contribution in [3.05, 3.63) is 29.8 Å². The predicted molar refractivity (Wildman–Crippen MR) is 78.7 cm³/mol. The summed E-state index contributed by atoms with van der Waals surface area (Å²) in [6, 6.07) is 6.56. The van der Waals surface area contributed by atoms with Gasteiger partial charge < -0.3 is 5.11 Å². The zero-order valence-corrected chi connectivity index (χ0v) is 12.9. The molecule has 2 rings (SSSR count). The highest BCUT2D eigenvalue weighted by Gasteiger charge is 2.30. The molecule has 0 heterocycles. The lowest BCUT2D eigenvalue weighted by Gasteiger charge is -2.32. The van der Waals surface area contributed by atoms with Gasteiger partial charge in [-0.15, -0.1) is 0 Å². The molecule has 0 atom stereocenters. The first-order chi connectivity index (χ1) is 9.45. The third kappa shape index (κ3) is 3.22. The monoisotopic (exact) mass is 297 g/mol. The van der Waals surface area contributed by atoms with Crippen LogP contribution in [0.5, 0.6) is 0 Å². The summed E-state index contributed by atoms with van der Waals surface area (Å²) in [6.07, 6.45) is 4.05. The Kier molecular flexibility index (Phi) is 4.83. The molecule has 112 valence electrons. The second-order valence-corrected chi connectivity index (χ2v) is 7.73. The number of sulfonamides is 1. The number of hydrogen-bond donors (Lipinski definition) is 1. The molecular formula is C15H23NO3S. The van der Waals surface area contributed by atoms with Gasteiger partial charge in [-0.2, -0.15) is 4.31 Å². The van der Waals surface area contributed by atoms with Gasteiger partial charge in [-0.3, -0.25) is 0 Å². The molecule has 5 heteroatoms. The van der Waals surface area contributed by atoms with Crippen molar-refractivity contribution in [1.82, 2.24) is 4.31 Å². The Morgan fingerprint density at radius 1 is 1.15 bits per heavy atom. The van der Waals surface area contributed by atoms with Gasteiger partial charge in [0.25, 0.3) is 0 Å². The fourth-order valence-corrected chi connectivity index (χ4v) is 4.15. The number of hydrogen-bond acceptors (Lipinski definition) is 3.